The topological polar surface area (TPSA) is 55.0 Å². The molecule has 0 radical (unpaired) electrons. The van der Waals surface area contributed by atoms with Gasteiger partial charge in [-0.15, -0.1) is 0 Å². The van der Waals surface area contributed by atoms with Gasteiger partial charge in [-0.25, -0.2) is 4.98 Å². The van der Waals surface area contributed by atoms with Crippen molar-refractivity contribution in [3.8, 4) is 0 Å². The van der Waals surface area contributed by atoms with Gasteiger partial charge in [0.2, 0.25) is 0 Å². The molecular weight excluding hydrogens is 188 g/mol. The number of aromatic nitrogens is 2. The second-order valence-electron chi connectivity index (χ2n) is 4.39. The number of nitrogens with zero attached hydrogens (tertiary/aromatic N) is 3. The van der Waals surface area contributed by atoms with Crippen molar-refractivity contribution in [2.24, 2.45) is 5.92 Å². The Morgan fingerprint density at radius 2 is 2.00 bits per heavy atom. The summed E-state index contributed by atoms with van der Waals surface area (Å²) in [5.74, 6) is 1.98. The van der Waals surface area contributed by atoms with E-state index in [4.69, 9.17) is 5.73 Å². The lowest BCUT2D eigenvalue weighted by Gasteiger charge is -2.27. The second-order valence-corrected chi connectivity index (χ2v) is 4.39. The lowest BCUT2D eigenvalue weighted by atomic mass is 10.0. The molecule has 15 heavy (non-hydrogen) atoms. The number of hydrogen-bond acceptors (Lipinski definition) is 4. The highest BCUT2D eigenvalue weighted by molar-refractivity contribution is 5.41. The molecule has 0 aliphatic heterocycles. The smallest absolute Gasteiger partial charge is 0.149 e. The Labute approximate surface area is 91.5 Å². The van der Waals surface area contributed by atoms with Gasteiger partial charge < -0.3 is 10.6 Å². The largest absolute Gasteiger partial charge is 0.382 e. The maximum absolute atomic E-state index is 5.60. The zero-order valence-electron chi connectivity index (χ0n) is 9.94. The van der Waals surface area contributed by atoms with E-state index in [-0.39, 0.29) is 0 Å². The maximum atomic E-state index is 5.60. The van der Waals surface area contributed by atoms with Crippen molar-refractivity contribution in [3.63, 3.8) is 0 Å². The maximum Gasteiger partial charge on any atom is 0.149 e. The van der Waals surface area contributed by atoms with Crippen molar-refractivity contribution in [1.29, 1.82) is 0 Å². The number of hydrogen-bond donors (Lipinski definition) is 1. The van der Waals surface area contributed by atoms with Gasteiger partial charge in [0.25, 0.3) is 0 Å². The molecule has 0 aliphatic carbocycles. The summed E-state index contributed by atoms with van der Waals surface area (Å²) in [5, 5.41) is 0. The zero-order chi connectivity index (χ0) is 11.4. The highest BCUT2D eigenvalue weighted by Crippen LogP contribution is 2.16. The van der Waals surface area contributed by atoms with Gasteiger partial charge in [-0.1, -0.05) is 13.8 Å². The van der Waals surface area contributed by atoms with E-state index in [1.165, 1.54) is 0 Å². The van der Waals surface area contributed by atoms with E-state index in [0.717, 1.165) is 12.2 Å². The molecule has 0 bridgehead atoms. The van der Waals surface area contributed by atoms with Crippen LogP contribution in [0.5, 0.6) is 0 Å². The van der Waals surface area contributed by atoms with Crippen LogP contribution >= 0.6 is 0 Å². The molecule has 0 saturated heterocycles. The van der Waals surface area contributed by atoms with E-state index in [1.54, 1.807) is 12.4 Å². The lowest BCUT2D eigenvalue weighted by Crippen LogP contribution is -2.30. The van der Waals surface area contributed by atoms with Crippen molar-refractivity contribution < 1.29 is 0 Å². The fourth-order valence-corrected chi connectivity index (χ4v) is 1.61. The third kappa shape index (κ3) is 3.38. The van der Waals surface area contributed by atoms with Crippen molar-refractivity contribution in [1.82, 2.24) is 9.97 Å². The summed E-state index contributed by atoms with van der Waals surface area (Å²) < 4.78 is 0. The summed E-state index contributed by atoms with van der Waals surface area (Å²) in [4.78, 5) is 10.4. The van der Waals surface area contributed by atoms with Crippen LogP contribution in [0, 0.1) is 5.92 Å². The molecule has 1 atom stereocenters. The normalized spacial score (nSPS) is 12.9. The van der Waals surface area contributed by atoms with Crippen molar-refractivity contribution in [2.75, 3.05) is 17.7 Å². The predicted molar refractivity (Wildman–Crippen MR) is 63.8 cm³/mol. The first kappa shape index (κ1) is 11.8. The first-order valence-electron chi connectivity index (χ1n) is 5.31. The Balaban J connectivity index is 2.71. The van der Waals surface area contributed by atoms with Crippen molar-refractivity contribution in [2.45, 2.75) is 33.2 Å². The molecule has 4 heteroatoms. The molecule has 4 nitrogen and oxygen atoms in total. The number of rotatable bonds is 4. The average Bonchev–Trinajstić information content (AvgIpc) is 2.15. The van der Waals surface area contributed by atoms with Gasteiger partial charge in [-0.2, -0.15) is 0 Å². The highest BCUT2D eigenvalue weighted by Gasteiger charge is 2.12. The van der Waals surface area contributed by atoms with Crippen molar-refractivity contribution in [3.05, 3.63) is 12.4 Å². The average molecular weight is 208 g/mol. The molecule has 0 aromatic carbocycles. The van der Waals surface area contributed by atoms with E-state index in [9.17, 15) is 0 Å². The third-order valence-corrected chi connectivity index (χ3v) is 2.48. The fraction of sp³-hybridized carbons (Fsp3) is 0.636. The Bertz CT molecular complexity index is 311. The first-order chi connectivity index (χ1) is 7.00. The van der Waals surface area contributed by atoms with Crippen LogP contribution in [-0.2, 0) is 0 Å². The van der Waals surface area contributed by atoms with Gasteiger partial charge in [0.05, 0.1) is 12.4 Å². The monoisotopic (exact) mass is 208 g/mol. The Morgan fingerprint density at radius 3 is 2.53 bits per heavy atom. The second kappa shape index (κ2) is 4.96. The zero-order valence-corrected chi connectivity index (χ0v) is 9.94. The molecule has 1 aromatic heterocycles. The molecule has 84 valence electrons. The fourth-order valence-electron chi connectivity index (χ4n) is 1.61. The standard InChI is InChI=1S/C11H20N4/c1-8(2)5-9(3)15(4)11-7-13-6-10(12)14-11/h6-9H,5H2,1-4H3,(H2,12,14). The van der Waals surface area contributed by atoms with Crippen LogP contribution in [-0.4, -0.2) is 23.1 Å². The Kier molecular flexibility index (Phi) is 3.88. The highest BCUT2D eigenvalue weighted by atomic mass is 15.2. The van der Waals surface area contributed by atoms with Gasteiger partial charge in [-0.05, 0) is 19.3 Å². The molecule has 1 aromatic rings. The van der Waals surface area contributed by atoms with Crippen LogP contribution in [0.15, 0.2) is 12.4 Å². The van der Waals surface area contributed by atoms with Gasteiger partial charge in [0.1, 0.15) is 11.6 Å². The first-order valence-corrected chi connectivity index (χ1v) is 5.31. The molecule has 2 N–H and O–H groups in total. The summed E-state index contributed by atoms with van der Waals surface area (Å²) in [6, 6.07) is 0.445. The van der Waals surface area contributed by atoms with Crippen LogP contribution in [0.3, 0.4) is 0 Å². The van der Waals surface area contributed by atoms with Crippen LogP contribution < -0.4 is 10.6 Å². The third-order valence-electron chi connectivity index (χ3n) is 2.48. The van der Waals surface area contributed by atoms with E-state index in [0.29, 0.717) is 17.8 Å². The molecule has 1 heterocycles. The van der Waals surface area contributed by atoms with Gasteiger partial charge >= 0.3 is 0 Å². The Hall–Kier alpha value is -1.32. The summed E-state index contributed by atoms with van der Waals surface area (Å²) in [6.07, 6.45) is 4.44. The minimum Gasteiger partial charge on any atom is -0.382 e. The van der Waals surface area contributed by atoms with E-state index >= 15 is 0 Å². The van der Waals surface area contributed by atoms with Crippen molar-refractivity contribution >= 4 is 11.6 Å². The number of anilines is 2. The molecule has 0 saturated carbocycles. The van der Waals surface area contributed by atoms with Gasteiger partial charge in [0.15, 0.2) is 0 Å². The molecule has 0 aliphatic rings. The van der Waals surface area contributed by atoms with Gasteiger partial charge in [-0.3, -0.25) is 4.98 Å². The van der Waals surface area contributed by atoms with Crippen LogP contribution in [0.1, 0.15) is 27.2 Å². The summed E-state index contributed by atoms with van der Waals surface area (Å²) in [6.45, 7) is 6.62. The molecular formula is C11H20N4. The van der Waals surface area contributed by atoms with Crippen LogP contribution in [0.4, 0.5) is 11.6 Å². The number of nitrogen functional groups attached to an aromatic ring is 1. The molecule has 1 rings (SSSR count). The molecule has 0 amide bonds. The number of nitrogens with two attached hydrogens (primary N) is 1. The Morgan fingerprint density at radius 1 is 1.33 bits per heavy atom. The van der Waals surface area contributed by atoms with E-state index < -0.39 is 0 Å². The predicted octanol–water partition coefficient (Wildman–Crippen LogP) is 1.93. The summed E-state index contributed by atoms with van der Waals surface area (Å²) >= 11 is 0. The summed E-state index contributed by atoms with van der Waals surface area (Å²) in [7, 11) is 2.02. The SMILES string of the molecule is CC(C)CC(C)N(C)c1cncc(N)n1. The quantitative estimate of drug-likeness (QED) is 0.821. The van der Waals surface area contributed by atoms with Gasteiger partial charge in [0, 0.05) is 13.1 Å². The minimum atomic E-state index is 0.445. The summed E-state index contributed by atoms with van der Waals surface area (Å²) in [5.41, 5.74) is 5.60. The molecule has 1 unspecified atom stereocenters. The minimum absolute atomic E-state index is 0.445. The lowest BCUT2D eigenvalue weighted by molar-refractivity contribution is 0.502. The van der Waals surface area contributed by atoms with Crippen LogP contribution in [0.25, 0.3) is 0 Å². The molecule has 0 fully saturated rings. The van der Waals surface area contributed by atoms with E-state index in [1.807, 2.05) is 7.05 Å². The molecule has 0 spiro atoms. The van der Waals surface area contributed by atoms with Crippen LogP contribution in [0.2, 0.25) is 0 Å². The van der Waals surface area contributed by atoms with E-state index in [2.05, 4.69) is 35.6 Å².